The number of morpholine rings is 1. The summed E-state index contributed by atoms with van der Waals surface area (Å²) in [5.74, 6) is 7.95. The zero-order valence-electron chi connectivity index (χ0n) is 35.4. The Bertz CT molecular complexity index is 3170. The minimum atomic E-state index is -1.00. The summed E-state index contributed by atoms with van der Waals surface area (Å²) in [6.07, 6.45) is 5.00. The van der Waals surface area contributed by atoms with Crippen molar-refractivity contribution >= 4 is 71.2 Å². The van der Waals surface area contributed by atoms with Gasteiger partial charge in [-0.2, -0.15) is 0 Å². The van der Waals surface area contributed by atoms with E-state index in [0.717, 1.165) is 20.0 Å². The molecule has 0 unspecified atom stereocenters. The molecule has 7 aromatic rings. The van der Waals surface area contributed by atoms with Crippen molar-refractivity contribution in [2.75, 3.05) is 38.7 Å². The van der Waals surface area contributed by atoms with Crippen LogP contribution >= 0.6 is 31.9 Å². The van der Waals surface area contributed by atoms with Crippen LogP contribution in [-0.2, 0) is 45.3 Å². The molecule has 5 aromatic carbocycles. The number of carboxylic acid groups (broad SMARTS) is 1. The number of amides is 1. The average Bonchev–Trinajstić information content (AvgIpc) is 3.32. The second-order valence-corrected chi connectivity index (χ2v) is 16.2. The van der Waals surface area contributed by atoms with E-state index in [9.17, 15) is 28.0 Å². The molecule has 0 bridgehead atoms. The van der Waals surface area contributed by atoms with Gasteiger partial charge in [0.2, 0.25) is 5.91 Å². The van der Waals surface area contributed by atoms with Crippen molar-refractivity contribution in [3.8, 4) is 24.2 Å². The highest BCUT2D eigenvalue weighted by Gasteiger charge is 2.16. The molecule has 350 valence electrons. The van der Waals surface area contributed by atoms with E-state index in [1.54, 1.807) is 69.8 Å². The lowest BCUT2D eigenvalue weighted by Gasteiger charge is -2.18. The van der Waals surface area contributed by atoms with Crippen molar-refractivity contribution < 1.29 is 37.7 Å². The number of aromatic nitrogens is 4. The Hall–Kier alpha value is -7.06. The molecule has 0 atom stereocenters. The maximum Gasteiger partial charge on any atom is 0.337 e. The molecule has 18 heteroatoms. The molecule has 0 aliphatic carbocycles. The molecule has 3 aliphatic heterocycles. The Kier molecular flexibility index (Phi) is 19.2. The fourth-order valence-electron chi connectivity index (χ4n) is 6.40. The lowest BCUT2D eigenvalue weighted by atomic mass is 10.1. The molecule has 10 rings (SSSR count). The number of ether oxygens (including phenoxy) is 3. The van der Waals surface area contributed by atoms with Gasteiger partial charge in [0.25, 0.3) is 11.1 Å². The second kappa shape index (κ2) is 25.2. The summed E-state index contributed by atoms with van der Waals surface area (Å²) in [6.45, 7) is 4.53. The largest absolute Gasteiger partial charge is 0.478 e. The van der Waals surface area contributed by atoms with E-state index in [0.29, 0.717) is 91.7 Å². The van der Waals surface area contributed by atoms with Crippen LogP contribution in [0.3, 0.4) is 0 Å². The molecule has 3 aliphatic rings. The van der Waals surface area contributed by atoms with E-state index in [4.69, 9.17) is 31.5 Å². The quantitative estimate of drug-likeness (QED) is 0.109. The van der Waals surface area contributed by atoms with E-state index < -0.39 is 5.97 Å². The zero-order chi connectivity index (χ0) is 47.9. The topological polar surface area (TPSA) is 190 Å². The minimum absolute atomic E-state index is 0. The maximum atomic E-state index is 13.2. The van der Waals surface area contributed by atoms with E-state index >= 15 is 0 Å². The van der Waals surface area contributed by atoms with Gasteiger partial charge in [-0.1, -0.05) is 69.2 Å². The van der Waals surface area contributed by atoms with Crippen molar-refractivity contribution in [3.63, 3.8) is 0 Å². The lowest BCUT2D eigenvalue weighted by Crippen LogP contribution is -2.36. The molecule has 68 heavy (non-hydrogen) atoms. The van der Waals surface area contributed by atoms with Crippen LogP contribution in [0.25, 0.3) is 21.8 Å². The molecular formula is C50H44Br2F2N6O8. The van der Waals surface area contributed by atoms with Crippen molar-refractivity contribution in [3.05, 3.63) is 178 Å². The number of rotatable bonds is 1. The van der Waals surface area contributed by atoms with Gasteiger partial charge in [0.15, 0.2) is 0 Å². The van der Waals surface area contributed by atoms with Crippen LogP contribution in [0.2, 0.25) is 0 Å². The monoisotopic (exact) mass is 1050 g/mol. The molecule has 1 saturated heterocycles. The molecule has 14 nitrogen and oxygen atoms in total. The molecule has 0 saturated carbocycles. The summed E-state index contributed by atoms with van der Waals surface area (Å²) in [5, 5.41) is 12.4. The minimum Gasteiger partial charge on any atom is -0.478 e. The highest BCUT2D eigenvalue weighted by Crippen LogP contribution is 2.19. The van der Waals surface area contributed by atoms with Crippen molar-refractivity contribution in [1.82, 2.24) is 24.4 Å². The first kappa shape index (κ1) is 51.9. The van der Waals surface area contributed by atoms with Gasteiger partial charge in [0.05, 0.1) is 60.3 Å². The average molecular weight is 1050 g/mol. The Balaban J connectivity index is 0.000000170. The Morgan fingerprint density at radius 3 is 1.71 bits per heavy atom. The highest BCUT2D eigenvalue weighted by atomic mass is 79.9. The second-order valence-electron chi connectivity index (χ2n) is 14.3. The van der Waals surface area contributed by atoms with Crippen LogP contribution in [0.5, 0.6) is 0 Å². The lowest BCUT2D eigenvalue weighted by molar-refractivity contribution is -0.128. The van der Waals surface area contributed by atoms with Gasteiger partial charge < -0.3 is 30.4 Å². The predicted molar refractivity (Wildman–Crippen MR) is 262 cm³/mol. The van der Waals surface area contributed by atoms with Crippen LogP contribution in [0.15, 0.2) is 122 Å². The van der Waals surface area contributed by atoms with Crippen molar-refractivity contribution in [2.24, 2.45) is 0 Å². The number of nitrogens with zero attached hydrogens (tertiary/aromatic N) is 4. The zero-order valence-corrected chi connectivity index (χ0v) is 38.6. The molecule has 4 N–H and O–H groups in total. The SMILES string of the molecule is C.C#Cc1cccc(F)c1.Nc1cc(Br)ccc1C(=O)O.O=C1COCCN1.O=c1c2ccc(Br)cc2nc2n1CCOC2.O=c1c2ccc(C#Cc3cccc(F)c3)cc2nc2n1CCOC2. The van der Waals surface area contributed by atoms with Crippen LogP contribution in [0, 0.1) is 35.8 Å². The van der Waals surface area contributed by atoms with Gasteiger partial charge in [-0.05, 0) is 91.0 Å². The summed E-state index contributed by atoms with van der Waals surface area (Å²) in [6, 6.07) is 27.5. The molecule has 1 amide bonds. The first-order valence-electron chi connectivity index (χ1n) is 20.3. The number of anilines is 1. The number of nitrogens with one attached hydrogen (secondary N) is 1. The molecule has 5 heterocycles. The van der Waals surface area contributed by atoms with E-state index in [-0.39, 0.29) is 53.9 Å². The Morgan fingerprint density at radius 2 is 1.21 bits per heavy atom. The van der Waals surface area contributed by atoms with Gasteiger partial charge in [-0.25, -0.2) is 23.5 Å². The number of halogens is 4. The summed E-state index contributed by atoms with van der Waals surface area (Å²) >= 11 is 6.55. The summed E-state index contributed by atoms with van der Waals surface area (Å²) in [7, 11) is 0. The molecule has 1 fully saturated rings. The number of hydrogen-bond donors (Lipinski definition) is 3. The van der Waals surface area contributed by atoms with E-state index in [1.807, 2.05) is 12.1 Å². The number of nitrogen functional groups attached to an aromatic ring is 1. The van der Waals surface area contributed by atoms with Crippen LogP contribution in [0.4, 0.5) is 14.5 Å². The van der Waals surface area contributed by atoms with Gasteiger partial charge in [0.1, 0.15) is 43.1 Å². The number of carboxylic acids is 1. The van der Waals surface area contributed by atoms with E-state index in [1.165, 1.54) is 30.3 Å². The number of carbonyl (C=O) groups is 2. The predicted octanol–water partition coefficient (Wildman–Crippen LogP) is 7.46. The smallest absolute Gasteiger partial charge is 0.337 e. The summed E-state index contributed by atoms with van der Waals surface area (Å²) < 4.78 is 45.9. The first-order valence-corrected chi connectivity index (χ1v) is 21.9. The number of benzene rings is 5. The molecule has 0 spiro atoms. The normalized spacial score (nSPS) is 13.1. The van der Waals surface area contributed by atoms with E-state index in [2.05, 4.69) is 64.9 Å². The van der Waals surface area contributed by atoms with Crippen LogP contribution in [0.1, 0.15) is 46.1 Å². The van der Waals surface area contributed by atoms with Gasteiger partial charge in [-0.3, -0.25) is 23.5 Å². The number of fused-ring (bicyclic) bond motifs is 4. The molecule has 2 aromatic heterocycles. The number of carbonyl (C=O) groups excluding carboxylic acids is 1. The number of terminal acetylenes is 1. The van der Waals surface area contributed by atoms with Gasteiger partial charge in [-0.15, -0.1) is 6.42 Å². The third kappa shape index (κ3) is 14.5. The number of hydrogen-bond acceptors (Lipinski definition) is 10. The third-order valence-corrected chi connectivity index (χ3v) is 10.6. The Morgan fingerprint density at radius 1 is 0.691 bits per heavy atom. The summed E-state index contributed by atoms with van der Waals surface area (Å²) in [4.78, 5) is 54.3. The van der Waals surface area contributed by atoms with Crippen LogP contribution in [-0.4, -0.2) is 69.1 Å². The summed E-state index contributed by atoms with van der Waals surface area (Å²) in [5.41, 5.74) is 9.00. The fourth-order valence-corrected chi connectivity index (χ4v) is 7.13. The first-order chi connectivity index (χ1) is 32.3. The third-order valence-electron chi connectivity index (χ3n) is 9.62. The maximum absolute atomic E-state index is 13.2. The van der Waals surface area contributed by atoms with Crippen LogP contribution < -0.4 is 22.2 Å². The van der Waals surface area contributed by atoms with Crippen molar-refractivity contribution in [1.29, 1.82) is 0 Å². The van der Waals surface area contributed by atoms with Crippen molar-refractivity contribution in [2.45, 2.75) is 33.7 Å². The number of nitrogens with two attached hydrogens (primary N) is 1. The van der Waals surface area contributed by atoms with Gasteiger partial charge in [0, 0.05) is 37.9 Å². The fraction of sp³-hybridized carbons (Fsp3) is 0.200. The number of aromatic carboxylic acids is 1. The standard InChI is InChI=1S/C19H13FN2O2.C11H9BrN2O2.C8H5F.C7H6BrNO2.C4H7NO2.CH4/c20-15-3-1-2-13(10-15)4-5-14-6-7-16-17(11-14)21-18-12-24-9-8-22(18)19(16)23;12-7-1-2-8-9(5-7)13-10-6-16-4-3-14(10)11(8)15;1-2-7-4-3-5-8(9)6-7;8-4-1-2-5(7(10)11)6(9)3-4;6-4-3-7-2-1-5-4;/h1-3,6-7,10-11H,8-9,12H2;1-2,5H,3-4,6H2;1,3-6H;1-3H,9H2,(H,10,11);1-3H2,(H,5,6);1H4. The molecular weight excluding hydrogens is 1010 g/mol. The van der Waals surface area contributed by atoms with Gasteiger partial charge >= 0.3 is 5.97 Å². The Labute approximate surface area is 406 Å². The highest BCUT2D eigenvalue weighted by molar-refractivity contribution is 9.10. The molecule has 0 radical (unpaired) electrons.